The van der Waals surface area contributed by atoms with Crippen molar-refractivity contribution < 1.29 is 18.7 Å². The third kappa shape index (κ3) is 2.94. The van der Waals surface area contributed by atoms with Gasteiger partial charge in [-0.25, -0.2) is 4.79 Å². The fraction of sp³-hybridized carbons (Fsp3) is 0.250. The molecule has 1 unspecified atom stereocenters. The van der Waals surface area contributed by atoms with Gasteiger partial charge in [0.15, 0.2) is 0 Å². The molecule has 90 valence electrons. The second-order valence-corrected chi connectivity index (χ2v) is 4.87. The first kappa shape index (κ1) is 11.9. The number of aromatic carboxylic acids is 1. The van der Waals surface area contributed by atoms with E-state index in [0.29, 0.717) is 5.76 Å². The Labute approximate surface area is 103 Å². The van der Waals surface area contributed by atoms with Crippen LogP contribution in [0.25, 0.3) is 0 Å². The van der Waals surface area contributed by atoms with E-state index in [0.717, 1.165) is 11.5 Å². The number of hydrogen-bond acceptors (Lipinski definition) is 4. The maximum Gasteiger partial charge on any atom is 0.371 e. The Kier molecular flexibility index (Phi) is 3.58. The van der Waals surface area contributed by atoms with Crippen molar-refractivity contribution in [3.8, 4) is 0 Å². The largest absolute Gasteiger partial charge is 0.475 e. The van der Waals surface area contributed by atoms with Crippen molar-refractivity contribution in [2.24, 2.45) is 0 Å². The lowest BCUT2D eigenvalue weighted by atomic mass is 10.3. The Morgan fingerprint density at radius 1 is 1.47 bits per heavy atom. The Bertz CT molecular complexity index is 486. The topological polar surface area (TPSA) is 63.6 Å². The number of hydrogen-bond donors (Lipinski definition) is 1. The molecule has 0 aliphatic heterocycles. The second kappa shape index (κ2) is 5.14. The van der Waals surface area contributed by atoms with E-state index in [1.807, 2.05) is 19.1 Å². The van der Waals surface area contributed by atoms with Gasteiger partial charge in [0.05, 0.1) is 17.3 Å². The lowest BCUT2D eigenvalue weighted by Crippen LogP contribution is -1.92. The Hall–Kier alpha value is -1.62. The first-order chi connectivity index (χ1) is 8.16. The lowest BCUT2D eigenvalue weighted by molar-refractivity contribution is 0.0660. The van der Waals surface area contributed by atoms with Crippen LogP contribution in [-0.4, -0.2) is 11.1 Å². The summed E-state index contributed by atoms with van der Waals surface area (Å²) in [5, 5.41) is 8.84. The van der Waals surface area contributed by atoms with Crippen molar-refractivity contribution in [3.63, 3.8) is 0 Å². The zero-order valence-corrected chi connectivity index (χ0v) is 10.1. The minimum absolute atomic E-state index is 0.0227. The van der Waals surface area contributed by atoms with Crippen molar-refractivity contribution in [1.82, 2.24) is 0 Å². The quantitative estimate of drug-likeness (QED) is 0.881. The monoisotopic (exact) mass is 252 g/mol. The molecule has 0 aromatic carbocycles. The van der Waals surface area contributed by atoms with E-state index in [-0.39, 0.29) is 11.0 Å². The van der Waals surface area contributed by atoms with Gasteiger partial charge in [0.25, 0.3) is 0 Å². The van der Waals surface area contributed by atoms with Gasteiger partial charge in [-0.3, -0.25) is 0 Å². The molecule has 0 saturated carbocycles. The molecule has 2 aromatic heterocycles. The second-order valence-electron chi connectivity index (χ2n) is 3.54. The molecule has 0 aliphatic rings. The van der Waals surface area contributed by atoms with E-state index in [4.69, 9.17) is 13.9 Å². The zero-order valence-electron chi connectivity index (χ0n) is 9.25. The molecule has 0 radical (unpaired) electrons. The number of thioether (sulfide) groups is 1. The third-order valence-corrected chi connectivity index (χ3v) is 3.48. The van der Waals surface area contributed by atoms with E-state index in [9.17, 15) is 4.79 Å². The summed E-state index contributed by atoms with van der Waals surface area (Å²) in [6.07, 6.45) is 1.63. The molecule has 4 nitrogen and oxygen atoms in total. The Morgan fingerprint density at radius 2 is 2.29 bits per heavy atom. The number of rotatable bonds is 5. The number of furan rings is 2. The van der Waals surface area contributed by atoms with Crippen LogP contribution in [0, 0.1) is 0 Å². The third-order valence-electron chi connectivity index (χ3n) is 2.29. The molecule has 2 aromatic rings. The first-order valence-electron chi connectivity index (χ1n) is 5.14. The van der Waals surface area contributed by atoms with E-state index < -0.39 is 5.97 Å². The van der Waals surface area contributed by atoms with Gasteiger partial charge in [-0.2, -0.15) is 0 Å². The van der Waals surface area contributed by atoms with Gasteiger partial charge in [-0.1, -0.05) is 0 Å². The molecule has 1 atom stereocenters. The van der Waals surface area contributed by atoms with Gasteiger partial charge in [-0.15, -0.1) is 11.8 Å². The molecule has 0 bridgehead atoms. The summed E-state index contributed by atoms with van der Waals surface area (Å²) in [7, 11) is 0. The summed E-state index contributed by atoms with van der Waals surface area (Å²) >= 11 is 1.63. The number of carboxylic acid groups (broad SMARTS) is 1. The summed E-state index contributed by atoms with van der Waals surface area (Å²) in [5.41, 5.74) is 0. The van der Waals surface area contributed by atoms with Crippen LogP contribution in [0.1, 0.15) is 34.2 Å². The highest BCUT2D eigenvalue weighted by atomic mass is 32.2. The van der Waals surface area contributed by atoms with E-state index in [1.54, 1.807) is 24.1 Å². The standard InChI is InChI=1S/C12H12O4S/c1-8(17-7-9-3-2-6-15-9)10-4-5-11(16-10)12(13)14/h2-6,8H,7H2,1H3,(H,13,14). The van der Waals surface area contributed by atoms with Crippen molar-refractivity contribution in [3.05, 3.63) is 47.8 Å². The molecule has 1 N–H and O–H groups in total. The zero-order chi connectivity index (χ0) is 12.3. The molecular weight excluding hydrogens is 240 g/mol. The minimum atomic E-state index is -1.04. The molecule has 5 heteroatoms. The summed E-state index contributed by atoms with van der Waals surface area (Å²) in [5.74, 6) is 1.23. The molecule has 0 saturated heterocycles. The van der Waals surface area contributed by atoms with E-state index in [1.165, 1.54) is 6.07 Å². The first-order valence-corrected chi connectivity index (χ1v) is 6.18. The average Bonchev–Trinajstić information content (AvgIpc) is 2.96. The van der Waals surface area contributed by atoms with Gasteiger partial charge < -0.3 is 13.9 Å². The van der Waals surface area contributed by atoms with Crippen molar-refractivity contribution in [1.29, 1.82) is 0 Å². The predicted octanol–water partition coefficient (Wildman–Crippen LogP) is 3.57. The van der Waals surface area contributed by atoms with Gasteiger partial charge in [0.2, 0.25) is 5.76 Å². The van der Waals surface area contributed by atoms with Gasteiger partial charge in [-0.05, 0) is 31.2 Å². The van der Waals surface area contributed by atoms with Crippen LogP contribution in [0.3, 0.4) is 0 Å². The highest BCUT2D eigenvalue weighted by Crippen LogP contribution is 2.32. The molecule has 2 heterocycles. The molecule has 0 fully saturated rings. The van der Waals surface area contributed by atoms with Crippen molar-refractivity contribution in [2.75, 3.05) is 0 Å². The molecular formula is C12H12O4S. The van der Waals surface area contributed by atoms with Crippen LogP contribution in [-0.2, 0) is 5.75 Å². The SMILES string of the molecule is CC(SCc1ccco1)c1ccc(C(=O)O)o1. The maximum absolute atomic E-state index is 10.7. The van der Waals surface area contributed by atoms with Crippen molar-refractivity contribution >= 4 is 17.7 Å². The van der Waals surface area contributed by atoms with Crippen LogP contribution >= 0.6 is 11.8 Å². The smallest absolute Gasteiger partial charge is 0.371 e. The highest BCUT2D eigenvalue weighted by molar-refractivity contribution is 7.98. The molecule has 0 amide bonds. The van der Waals surface area contributed by atoms with Crippen LogP contribution < -0.4 is 0 Å². The minimum Gasteiger partial charge on any atom is -0.475 e. The fourth-order valence-electron chi connectivity index (χ4n) is 1.37. The Balaban J connectivity index is 1.94. The van der Waals surface area contributed by atoms with Gasteiger partial charge in [0.1, 0.15) is 11.5 Å². The summed E-state index contributed by atoms with van der Waals surface area (Å²) in [6.45, 7) is 1.97. The number of carbonyl (C=O) groups is 1. The molecule has 0 spiro atoms. The fourth-order valence-corrected chi connectivity index (χ4v) is 2.24. The average molecular weight is 252 g/mol. The highest BCUT2D eigenvalue weighted by Gasteiger charge is 2.14. The molecule has 0 aliphatic carbocycles. The van der Waals surface area contributed by atoms with Crippen LogP contribution in [0.2, 0.25) is 0 Å². The van der Waals surface area contributed by atoms with Gasteiger partial charge >= 0.3 is 5.97 Å². The van der Waals surface area contributed by atoms with Crippen LogP contribution in [0.5, 0.6) is 0 Å². The normalized spacial score (nSPS) is 12.5. The molecule has 2 rings (SSSR count). The maximum atomic E-state index is 10.7. The van der Waals surface area contributed by atoms with Crippen LogP contribution in [0.15, 0.2) is 39.4 Å². The summed E-state index contributed by atoms with van der Waals surface area (Å²) in [6, 6.07) is 6.92. The number of carboxylic acids is 1. The van der Waals surface area contributed by atoms with E-state index in [2.05, 4.69) is 0 Å². The summed E-state index contributed by atoms with van der Waals surface area (Å²) < 4.78 is 10.4. The van der Waals surface area contributed by atoms with Gasteiger partial charge in [0, 0.05) is 0 Å². The van der Waals surface area contributed by atoms with Crippen molar-refractivity contribution in [2.45, 2.75) is 17.9 Å². The van der Waals surface area contributed by atoms with Crippen LogP contribution in [0.4, 0.5) is 0 Å². The Morgan fingerprint density at radius 3 is 2.88 bits per heavy atom. The predicted molar refractivity (Wildman–Crippen MR) is 64.1 cm³/mol. The van der Waals surface area contributed by atoms with E-state index >= 15 is 0 Å². The summed E-state index contributed by atoms with van der Waals surface area (Å²) in [4.78, 5) is 10.7. The molecule has 17 heavy (non-hydrogen) atoms. The lowest BCUT2D eigenvalue weighted by Gasteiger charge is -2.06.